The topological polar surface area (TPSA) is 58.9 Å². The number of hydrogen-bond donors (Lipinski definition) is 1. The van der Waals surface area contributed by atoms with Gasteiger partial charge in [0.05, 0.1) is 0 Å². The van der Waals surface area contributed by atoms with Crippen LogP contribution in [0.25, 0.3) is 10.9 Å². The number of hydrogen-bond acceptors (Lipinski definition) is 4. The molecule has 3 rings (SSSR count). The van der Waals surface area contributed by atoms with Crippen molar-refractivity contribution in [2.45, 2.75) is 0 Å². The van der Waals surface area contributed by atoms with Crippen LogP contribution < -0.4 is 0 Å². The summed E-state index contributed by atoms with van der Waals surface area (Å²) in [4.78, 5) is 4.17. The third-order valence-electron chi connectivity index (χ3n) is 2.67. The second-order valence-corrected chi connectivity index (χ2v) is 4.40. The molecule has 0 unspecified atom stereocenters. The van der Waals surface area contributed by atoms with Crippen LogP contribution in [-0.2, 0) is 0 Å². The van der Waals surface area contributed by atoms with Crippen molar-refractivity contribution in [3.63, 3.8) is 0 Å². The van der Waals surface area contributed by atoms with Gasteiger partial charge >= 0.3 is 0 Å². The van der Waals surface area contributed by atoms with Crippen LogP contribution in [0.2, 0.25) is 5.15 Å². The van der Waals surface area contributed by atoms with Crippen LogP contribution in [0.15, 0.2) is 42.6 Å². The van der Waals surface area contributed by atoms with E-state index in [1.165, 1.54) is 0 Å². The summed E-state index contributed by atoms with van der Waals surface area (Å²) in [6.45, 7) is 0. The van der Waals surface area contributed by atoms with E-state index in [1.54, 1.807) is 36.5 Å². The molecule has 0 aliphatic carbocycles. The number of aromatic hydroxyl groups is 1. The molecular formula is C15H8ClN3O. The first-order valence-electron chi connectivity index (χ1n) is 5.82. The van der Waals surface area contributed by atoms with Gasteiger partial charge in [0.15, 0.2) is 5.15 Å². The zero-order chi connectivity index (χ0) is 13.9. The smallest absolute Gasteiger partial charge is 0.177 e. The molecule has 0 aliphatic rings. The Morgan fingerprint density at radius 1 is 1.05 bits per heavy atom. The number of benzene rings is 1. The fourth-order valence-electron chi connectivity index (χ4n) is 1.76. The van der Waals surface area contributed by atoms with E-state index in [0.717, 1.165) is 5.39 Å². The van der Waals surface area contributed by atoms with Gasteiger partial charge in [-0.2, -0.15) is 0 Å². The van der Waals surface area contributed by atoms with E-state index in [0.29, 0.717) is 16.8 Å². The third-order valence-corrected chi connectivity index (χ3v) is 2.92. The molecule has 0 bridgehead atoms. The molecule has 0 aliphatic heterocycles. The molecule has 2 heterocycles. The largest absolute Gasteiger partial charge is 0.508 e. The molecule has 0 saturated heterocycles. The number of pyridine rings is 1. The van der Waals surface area contributed by atoms with Crippen LogP contribution in [-0.4, -0.2) is 20.3 Å². The maximum Gasteiger partial charge on any atom is 0.177 e. The average Bonchev–Trinajstić information content (AvgIpc) is 2.47. The predicted octanol–water partition coefficient (Wildman–Crippen LogP) is 2.78. The van der Waals surface area contributed by atoms with Crippen LogP contribution >= 0.6 is 11.6 Å². The minimum atomic E-state index is 0.172. The molecule has 0 spiro atoms. The Kier molecular flexibility index (Phi) is 3.20. The average molecular weight is 282 g/mol. The van der Waals surface area contributed by atoms with E-state index in [4.69, 9.17) is 11.6 Å². The highest BCUT2D eigenvalue weighted by atomic mass is 35.5. The highest BCUT2D eigenvalue weighted by molar-refractivity contribution is 6.33. The number of rotatable bonds is 0. The van der Waals surface area contributed by atoms with E-state index in [1.807, 2.05) is 6.07 Å². The van der Waals surface area contributed by atoms with Crippen molar-refractivity contribution in [3.8, 4) is 17.6 Å². The molecule has 0 atom stereocenters. The number of aromatic nitrogens is 3. The van der Waals surface area contributed by atoms with Crippen LogP contribution in [0.5, 0.6) is 5.75 Å². The Labute approximate surface area is 120 Å². The van der Waals surface area contributed by atoms with Crippen LogP contribution in [0.4, 0.5) is 0 Å². The summed E-state index contributed by atoms with van der Waals surface area (Å²) in [7, 11) is 0. The standard InChI is InChI=1S/C15H8ClN3O/c16-15-14-12(5-2-8-17-14)13(18-19-15)7-6-10-3-1-4-11(20)9-10/h1-5,8-9,20H. The first-order chi connectivity index (χ1) is 9.74. The Morgan fingerprint density at radius 3 is 2.80 bits per heavy atom. The lowest BCUT2D eigenvalue weighted by Crippen LogP contribution is -1.93. The predicted molar refractivity (Wildman–Crippen MR) is 76.4 cm³/mol. The first kappa shape index (κ1) is 12.4. The Hall–Kier alpha value is -2.64. The van der Waals surface area contributed by atoms with Crippen molar-refractivity contribution < 1.29 is 5.11 Å². The van der Waals surface area contributed by atoms with Crippen molar-refractivity contribution in [1.82, 2.24) is 15.2 Å². The molecule has 0 amide bonds. The lowest BCUT2D eigenvalue weighted by Gasteiger charge is -1.99. The first-order valence-corrected chi connectivity index (χ1v) is 6.20. The highest BCUT2D eigenvalue weighted by Crippen LogP contribution is 2.19. The summed E-state index contributed by atoms with van der Waals surface area (Å²) in [5.74, 6) is 6.03. The molecule has 0 radical (unpaired) electrons. The fraction of sp³-hybridized carbons (Fsp3) is 0. The molecule has 2 aromatic heterocycles. The van der Waals surface area contributed by atoms with Gasteiger partial charge in [-0.25, -0.2) is 0 Å². The summed E-state index contributed by atoms with van der Waals surface area (Å²) in [6.07, 6.45) is 1.64. The maximum absolute atomic E-state index is 9.40. The van der Waals surface area contributed by atoms with Crippen LogP contribution in [0.3, 0.4) is 0 Å². The molecule has 0 saturated carbocycles. The Bertz CT molecular complexity index is 852. The van der Waals surface area contributed by atoms with Gasteiger partial charge in [-0.05, 0) is 36.3 Å². The van der Waals surface area contributed by atoms with Crippen molar-refractivity contribution in [3.05, 3.63) is 59.0 Å². The lowest BCUT2D eigenvalue weighted by atomic mass is 10.2. The zero-order valence-corrected chi connectivity index (χ0v) is 11.0. The minimum Gasteiger partial charge on any atom is -0.508 e. The molecule has 0 fully saturated rings. The molecule has 4 nitrogen and oxygen atoms in total. The molecular weight excluding hydrogens is 274 g/mol. The van der Waals surface area contributed by atoms with Gasteiger partial charge < -0.3 is 5.11 Å². The Balaban J connectivity index is 2.11. The molecule has 1 N–H and O–H groups in total. The van der Waals surface area contributed by atoms with E-state index < -0.39 is 0 Å². The van der Waals surface area contributed by atoms with Gasteiger partial charge in [0.25, 0.3) is 0 Å². The number of nitrogens with zero attached hydrogens (tertiary/aromatic N) is 3. The molecule has 1 aromatic carbocycles. The van der Waals surface area contributed by atoms with Crippen LogP contribution in [0, 0.1) is 11.8 Å². The molecule has 20 heavy (non-hydrogen) atoms. The van der Waals surface area contributed by atoms with E-state index in [-0.39, 0.29) is 10.9 Å². The van der Waals surface area contributed by atoms with E-state index in [9.17, 15) is 5.11 Å². The summed E-state index contributed by atoms with van der Waals surface area (Å²) in [5.41, 5.74) is 1.77. The van der Waals surface area contributed by atoms with Gasteiger partial charge in [0.1, 0.15) is 17.0 Å². The van der Waals surface area contributed by atoms with Crippen molar-refractivity contribution in [2.24, 2.45) is 0 Å². The lowest BCUT2D eigenvalue weighted by molar-refractivity contribution is 0.475. The number of halogens is 1. The normalized spacial score (nSPS) is 10.1. The second kappa shape index (κ2) is 5.16. The van der Waals surface area contributed by atoms with E-state index in [2.05, 4.69) is 27.0 Å². The van der Waals surface area contributed by atoms with Gasteiger partial charge in [-0.3, -0.25) is 4.98 Å². The number of fused-ring (bicyclic) bond motifs is 1. The summed E-state index contributed by atoms with van der Waals surface area (Å²) in [6, 6.07) is 10.3. The summed E-state index contributed by atoms with van der Waals surface area (Å²) < 4.78 is 0. The third kappa shape index (κ3) is 2.40. The molecule has 5 heteroatoms. The fourth-order valence-corrected chi connectivity index (χ4v) is 1.95. The monoisotopic (exact) mass is 281 g/mol. The minimum absolute atomic E-state index is 0.172. The van der Waals surface area contributed by atoms with Gasteiger partial charge in [-0.15, -0.1) is 10.2 Å². The SMILES string of the molecule is Oc1cccc(C#Cc2nnc(Cl)c3ncccc23)c1. The zero-order valence-electron chi connectivity index (χ0n) is 10.2. The van der Waals surface area contributed by atoms with Crippen molar-refractivity contribution >= 4 is 22.5 Å². The second-order valence-electron chi connectivity index (χ2n) is 4.04. The van der Waals surface area contributed by atoms with Crippen LogP contribution in [0.1, 0.15) is 11.3 Å². The molecule has 3 aromatic rings. The highest BCUT2D eigenvalue weighted by Gasteiger charge is 2.06. The quantitative estimate of drug-likeness (QED) is 0.644. The van der Waals surface area contributed by atoms with Crippen molar-refractivity contribution in [1.29, 1.82) is 0 Å². The van der Waals surface area contributed by atoms with Gasteiger partial charge in [0, 0.05) is 17.1 Å². The number of phenolic OH excluding ortho intramolecular Hbond substituents is 1. The number of phenols is 1. The van der Waals surface area contributed by atoms with Gasteiger partial charge in [-0.1, -0.05) is 23.6 Å². The molecule has 96 valence electrons. The summed E-state index contributed by atoms with van der Waals surface area (Å²) in [5, 5.41) is 18.2. The van der Waals surface area contributed by atoms with Crippen molar-refractivity contribution in [2.75, 3.05) is 0 Å². The Morgan fingerprint density at radius 2 is 1.95 bits per heavy atom. The maximum atomic E-state index is 9.40. The van der Waals surface area contributed by atoms with Gasteiger partial charge in [0.2, 0.25) is 0 Å². The summed E-state index contributed by atoms with van der Waals surface area (Å²) >= 11 is 5.95. The van der Waals surface area contributed by atoms with E-state index >= 15 is 0 Å².